The maximum atomic E-state index is 13.5. The highest BCUT2D eigenvalue weighted by Crippen LogP contribution is 2.31. The molecule has 0 spiro atoms. The summed E-state index contributed by atoms with van der Waals surface area (Å²) in [6, 6.07) is 19.6. The number of hydrogen-bond donors (Lipinski definition) is 0. The molecular formula is C32H34ClNO7Si. The van der Waals surface area contributed by atoms with Crippen molar-refractivity contribution >= 4 is 48.6 Å². The predicted octanol–water partition coefficient (Wildman–Crippen LogP) is 7.44. The average Bonchev–Trinajstić information content (AvgIpc) is 3.22. The Hall–Kier alpha value is -4.08. The number of fused-ring (bicyclic) bond motifs is 1. The number of aromatic nitrogens is 1. The smallest absolute Gasteiger partial charge is 0.497 e. The summed E-state index contributed by atoms with van der Waals surface area (Å²) in [7, 11) is 0.253. The molecule has 0 amide bonds. The van der Waals surface area contributed by atoms with Crippen molar-refractivity contribution in [3.63, 3.8) is 0 Å². The number of carbonyl (C=O) groups is 3. The molecule has 0 saturated heterocycles. The lowest BCUT2D eigenvalue weighted by Gasteiger charge is -2.15. The standard InChI is InChI=1S/C32H34ClNO7Si/c1-21-27(28-18-26(38-2)14-15-29(28)34(21)31(36)23-8-10-24(33)11-9-23)19-30(35)40-20-22-6-12-25(13-7-22)41-32(37)39-16-17-42(3,4)5/h6-15,18H,16-17,19-20H2,1-5H3. The van der Waals surface area contributed by atoms with Crippen molar-refractivity contribution in [3.05, 3.63) is 94.1 Å². The zero-order valence-electron chi connectivity index (χ0n) is 24.4. The Morgan fingerprint density at radius 1 is 0.881 bits per heavy atom. The number of rotatable bonds is 10. The summed E-state index contributed by atoms with van der Waals surface area (Å²) in [5.74, 6) is 0.257. The molecule has 8 nitrogen and oxygen atoms in total. The zero-order chi connectivity index (χ0) is 30.4. The van der Waals surface area contributed by atoms with Gasteiger partial charge in [0, 0.05) is 29.7 Å². The van der Waals surface area contributed by atoms with Gasteiger partial charge in [0.25, 0.3) is 5.91 Å². The van der Waals surface area contributed by atoms with E-state index in [2.05, 4.69) is 19.6 Å². The summed E-state index contributed by atoms with van der Waals surface area (Å²) in [5.41, 5.74) is 3.16. The maximum Gasteiger partial charge on any atom is 0.513 e. The van der Waals surface area contributed by atoms with Crippen LogP contribution in [-0.2, 0) is 27.3 Å². The van der Waals surface area contributed by atoms with Gasteiger partial charge in [-0.15, -0.1) is 0 Å². The molecule has 1 heterocycles. The molecule has 0 radical (unpaired) electrons. The highest BCUT2D eigenvalue weighted by molar-refractivity contribution is 6.76. The molecule has 1 aromatic heterocycles. The molecule has 0 aliphatic rings. The largest absolute Gasteiger partial charge is 0.513 e. The minimum absolute atomic E-state index is 0.0322. The Labute approximate surface area is 251 Å². The quantitative estimate of drug-likeness (QED) is 0.105. The van der Waals surface area contributed by atoms with Crippen LogP contribution in [0.5, 0.6) is 11.5 Å². The second-order valence-electron chi connectivity index (χ2n) is 11.1. The van der Waals surface area contributed by atoms with E-state index in [1.165, 1.54) is 0 Å². The first-order valence-corrected chi connectivity index (χ1v) is 17.6. The Kier molecular flexibility index (Phi) is 9.75. The van der Waals surface area contributed by atoms with E-state index in [-0.39, 0.29) is 18.9 Å². The lowest BCUT2D eigenvalue weighted by molar-refractivity contribution is -0.144. The molecule has 42 heavy (non-hydrogen) atoms. The van der Waals surface area contributed by atoms with Crippen LogP contribution in [-0.4, -0.2) is 44.4 Å². The van der Waals surface area contributed by atoms with Gasteiger partial charge >= 0.3 is 12.1 Å². The molecule has 0 fully saturated rings. The zero-order valence-corrected chi connectivity index (χ0v) is 26.1. The second-order valence-corrected chi connectivity index (χ2v) is 17.1. The van der Waals surface area contributed by atoms with Crippen LogP contribution >= 0.6 is 11.6 Å². The molecule has 0 aliphatic carbocycles. The lowest BCUT2D eigenvalue weighted by atomic mass is 10.1. The summed E-state index contributed by atoms with van der Waals surface area (Å²) < 4.78 is 22.9. The molecule has 4 aromatic rings. The fourth-order valence-corrected chi connectivity index (χ4v) is 5.22. The van der Waals surface area contributed by atoms with Crippen LogP contribution in [0.1, 0.15) is 27.2 Å². The molecule has 3 aromatic carbocycles. The summed E-state index contributed by atoms with van der Waals surface area (Å²) in [4.78, 5) is 38.4. The van der Waals surface area contributed by atoms with Crippen LogP contribution in [0, 0.1) is 6.92 Å². The number of esters is 1. The van der Waals surface area contributed by atoms with Crippen molar-refractivity contribution in [3.8, 4) is 11.5 Å². The predicted molar refractivity (Wildman–Crippen MR) is 164 cm³/mol. The lowest BCUT2D eigenvalue weighted by Crippen LogP contribution is -2.23. The van der Waals surface area contributed by atoms with E-state index in [4.69, 9.17) is 30.5 Å². The Morgan fingerprint density at radius 3 is 2.19 bits per heavy atom. The SMILES string of the molecule is COc1ccc2c(c1)c(CC(=O)OCc1ccc(OC(=O)OCC[Si](C)(C)C)cc1)c(C)n2C(=O)c1ccc(Cl)cc1. The molecule has 0 atom stereocenters. The van der Waals surface area contributed by atoms with Gasteiger partial charge in [-0.05, 0) is 78.7 Å². The monoisotopic (exact) mass is 607 g/mol. The van der Waals surface area contributed by atoms with Crippen molar-refractivity contribution in [2.45, 2.75) is 45.6 Å². The van der Waals surface area contributed by atoms with Crippen LogP contribution in [0.3, 0.4) is 0 Å². The fourth-order valence-electron chi connectivity index (χ4n) is 4.37. The number of carbonyl (C=O) groups excluding carboxylic acids is 3. The first-order chi connectivity index (χ1) is 19.9. The fraction of sp³-hybridized carbons (Fsp3) is 0.281. The Balaban J connectivity index is 1.43. The van der Waals surface area contributed by atoms with Gasteiger partial charge in [-0.3, -0.25) is 14.2 Å². The topological polar surface area (TPSA) is 93.1 Å². The third-order valence-corrected chi connectivity index (χ3v) is 8.71. The number of methoxy groups -OCH3 is 1. The molecule has 10 heteroatoms. The number of benzene rings is 3. The van der Waals surface area contributed by atoms with Crippen molar-refractivity contribution in [1.82, 2.24) is 4.57 Å². The number of hydrogen-bond acceptors (Lipinski definition) is 7. The van der Waals surface area contributed by atoms with Gasteiger partial charge < -0.3 is 18.9 Å². The van der Waals surface area contributed by atoms with Crippen molar-refractivity contribution in [1.29, 1.82) is 0 Å². The third-order valence-electron chi connectivity index (χ3n) is 6.75. The Bertz CT molecular complexity index is 1590. The van der Waals surface area contributed by atoms with E-state index in [9.17, 15) is 14.4 Å². The van der Waals surface area contributed by atoms with Crippen LogP contribution in [0.2, 0.25) is 30.7 Å². The number of ether oxygens (including phenoxy) is 4. The van der Waals surface area contributed by atoms with Crippen LogP contribution < -0.4 is 9.47 Å². The molecule has 0 N–H and O–H groups in total. The molecule has 0 unspecified atom stereocenters. The van der Waals surface area contributed by atoms with E-state index in [0.29, 0.717) is 45.5 Å². The molecule has 0 saturated carbocycles. The van der Waals surface area contributed by atoms with E-state index in [1.54, 1.807) is 79.3 Å². The normalized spacial score (nSPS) is 11.3. The van der Waals surface area contributed by atoms with Crippen LogP contribution in [0.25, 0.3) is 10.9 Å². The van der Waals surface area contributed by atoms with Crippen LogP contribution in [0.15, 0.2) is 66.7 Å². The van der Waals surface area contributed by atoms with Gasteiger partial charge in [0.2, 0.25) is 0 Å². The minimum Gasteiger partial charge on any atom is -0.497 e. The van der Waals surface area contributed by atoms with Gasteiger partial charge in [-0.25, -0.2) is 4.79 Å². The Morgan fingerprint density at radius 2 is 1.55 bits per heavy atom. The summed E-state index contributed by atoms with van der Waals surface area (Å²) in [6.45, 7) is 8.78. The van der Waals surface area contributed by atoms with Gasteiger partial charge in [-0.2, -0.15) is 0 Å². The molecule has 4 rings (SSSR count). The molecule has 220 valence electrons. The van der Waals surface area contributed by atoms with Crippen molar-refractivity contribution in [2.75, 3.05) is 13.7 Å². The summed E-state index contributed by atoms with van der Waals surface area (Å²) in [6.07, 6.45) is -0.783. The average molecular weight is 608 g/mol. The highest BCUT2D eigenvalue weighted by Gasteiger charge is 2.23. The van der Waals surface area contributed by atoms with E-state index >= 15 is 0 Å². The first kappa shape index (κ1) is 30.9. The third kappa shape index (κ3) is 7.80. The maximum absolute atomic E-state index is 13.5. The van der Waals surface area contributed by atoms with E-state index in [0.717, 1.165) is 17.0 Å². The van der Waals surface area contributed by atoms with Crippen molar-refractivity contribution < 1.29 is 33.3 Å². The van der Waals surface area contributed by atoms with Crippen LogP contribution in [0.4, 0.5) is 4.79 Å². The van der Waals surface area contributed by atoms with E-state index < -0.39 is 20.2 Å². The summed E-state index contributed by atoms with van der Waals surface area (Å²) in [5, 5.41) is 1.26. The molecule has 0 bridgehead atoms. The highest BCUT2D eigenvalue weighted by atomic mass is 35.5. The van der Waals surface area contributed by atoms with E-state index in [1.807, 2.05) is 6.07 Å². The second kappa shape index (κ2) is 13.3. The number of halogens is 1. The molecular weight excluding hydrogens is 574 g/mol. The molecule has 0 aliphatic heterocycles. The first-order valence-electron chi connectivity index (χ1n) is 13.5. The van der Waals surface area contributed by atoms with Gasteiger partial charge in [0.1, 0.15) is 18.1 Å². The van der Waals surface area contributed by atoms with Crippen molar-refractivity contribution in [2.24, 2.45) is 0 Å². The minimum atomic E-state index is -1.31. The van der Waals surface area contributed by atoms with Gasteiger partial charge in [0.05, 0.1) is 25.7 Å². The number of nitrogens with zero attached hydrogens (tertiary/aromatic N) is 1. The van der Waals surface area contributed by atoms with Gasteiger partial charge in [-0.1, -0.05) is 43.4 Å². The summed E-state index contributed by atoms with van der Waals surface area (Å²) >= 11 is 6.01. The van der Waals surface area contributed by atoms with Gasteiger partial charge in [0.15, 0.2) is 0 Å².